The Morgan fingerprint density at radius 1 is 1.26 bits per heavy atom. The van der Waals surface area contributed by atoms with Crippen LogP contribution in [0.5, 0.6) is 0 Å². The molecule has 0 amide bonds. The zero-order valence-corrected chi connectivity index (χ0v) is 11.7. The van der Waals surface area contributed by atoms with Gasteiger partial charge in [0.2, 0.25) is 0 Å². The smallest absolute Gasteiger partial charge is 0.0931 e. The van der Waals surface area contributed by atoms with Crippen LogP contribution >= 0.6 is 0 Å². The number of aromatic amines is 1. The third-order valence-electron chi connectivity index (χ3n) is 4.17. The van der Waals surface area contributed by atoms with E-state index in [0.29, 0.717) is 6.04 Å². The van der Waals surface area contributed by atoms with Gasteiger partial charge in [-0.1, -0.05) is 6.07 Å². The monoisotopic (exact) mass is 258 g/mol. The van der Waals surface area contributed by atoms with Crippen molar-refractivity contribution in [2.24, 2.45) is 5.92 Å². The minimum Gasteiger partial charge on any atom is -0.345 e. The van der Waals surface area contributed by atoms with Crippen molar-refractivity contribution < 1.29 is 0 Å². The van der Waals surface area contributed by atoms with Crippen LogP contribution in [0.3, 0.4) is 0 Å². The Morgan fingerprint density at radius 3 is 2.79 bits per heavy atom. The Kier molecular flexibility index (Phi) is 3.53. The van der Waals surface area contributed by atoms with Crippen LogP contribution < -0.4 is 5.32 Å². The van der Waals surface area contributed by atoms with Gasteiger partial charge in [0.1, 0.15) is 0 Å². The van der Waals surface area contributed by atoms with E-state index in [1.54, 1.807) is 6.33 Å². The van der Waals surface area contributed by atoms with Crippen LogP contribution in [0, 0.1) is 5.92 Å². The second-order valence-corrected chi connectivity index (χ2v) is 5.68. The average Bonchev–Trinajstić information content (AvgIpc) is 2.87. The molecule has 1 fully saturated rings. The van der Waals surface area contributed by atoms with E-state index in [1.165, 1.54) is 18.4 Å². The second kappa shape index (κ2) is 5.31. The number of H-pyrrole nitrogens is 1. The first-order valence-corrected chi connectivity index (χ1v) is 7.06. The molecule has 1 unspecified atom stereocenters. The molecule has 1 aromatic carbocycles. The number of hydrogen-bond donors (Lipinski definition) is 2. The summed E-state index contributed by atoms with van der Waals surface area (Å²) >= 11 is 0. The van der Waals surface area contributed by atoms with Gasteiger partial charge in [-0.05, 0) is 63.6 Å². The number of hydrogen-bond acceptors (Lipinski definition) is 3. The molecule has 1 atom stereocenters. The summed E-state index contributed by atoms with van der Waals surface area (Å²) in [5.41, 5.74) is 3.58. The van der Waals surface area contributed by atoms with Crippen molar-refractivity contribution in [2.45, 2.75) is 18.9 Å². The highest BCUT2D eigenvalue weighted by Gasteiger charge is 2.26. The SMILES string of the molecule is CN(C)C(c1ccc2nc[nH]c2c1)C1CCNCC1. The molecular formula is C15H22N4. The molecule has 1 aliphatic heterocycles. The molecule has 102 valence electrons. The maximum atomic E-state index is 4.30. The van der Waals surface area contributed by atoms with E-state index < -0.39 is 0 Å². The molecule has 1 aromatic heterocycles. The number of fused-ring (bicyclic) bond motifs is 1. The largest absolute Gasteiger partial charge is 0.345 e. The third kappa shape index (κ3) is 2.51. The van der Waals surface area contributed by atoms with Crippen LogP contribution in [-0.4, -0.2) is 42.1 Å². The van der Waals surface area contributed by atoms with Crippen LogP contribution in [0.4, 0.5) is 0 Å². The predicted molar refractivity (Wildman–Crippen MR) is 78.1 cm³/mol. The fourth-order valence-corrected chi connectivity index (χ4v) is 3.29. The molecule has 0 bridgehead atoms. The lowest BCUT2D eigenvalue weighted by Crippen LogP contribution is -2.35. The first kappa shape index (κ1) is 12.6. The molecule has 0 spiro atoms. The quantitative estimate of drug-likeness (QED) is 0.886. The summed E-state index contributed by atoms with van der Waals surface area (Å²) in [6.45, 7) is 2.28. The summed E-state index contributed by atoms with van der Waals surface area (Å²) in [4.78, 5) is 9.87. The van der Waals surface area contributed by atoms with Crippen molar-refractivity contribution >= 4 is 11.0 Å². The summed E-state index contributed by atoms with van der Waals surface area (Å²) in [7, 11) is 4.37. The summed E-state index contributed by atoms with van der Waals surface area (Å²) in [5, 5.41) is 3.45. The Hall–Kier alpha value is -1.39. The van der Waals surface area contributed by atoms with E-state index in [-0.39, 0.29) is 0 Å². The minimum atomic E-state index is 0.495. The molecule has 2 aromatic rings. The zero-order chi connectivity index (χ0) is 13.2. The van der Waals surface area contributed by atoms with Gasteiger partial charge in [-0.25, -0.2) is 4.98 Å². The Balaban J connectivity index is 1.93. The van der Waals surface area contributed by atoms with Crippen molar-refractivity contribution in [1.82, 2.24) is 20.2 Å². The van der Waals surface area contributed by atoms with Crippen molar-refractivity contribution in [2.75, 3.05) is 27.2 Å². The van der Waals surface area contributed by atoms with Gasteiger partial charge in [0, 0.05) is 6.04 Å². The molecule has 2 heterocycles. The summed E-state index contributed by atoms with van der Waals surface area (Å²) in [5.74, 6) is 0.733. The van der Waals surface area contributed by atoms with Crippen molar-refractivity contribution in [1.29, 1.82) is 0 Å². The first-order chi connectivity index (χ1) is 9.25. The Labute approximate surface area is 114 Å². The highest BCUT2D eigenvalue weighted by atomic mass is 15.1. The number of piperidine rings is 1. The maximum absolute atomic E-state index is 4.30. The zero-order valence-electron chi connectivity index (χ0n) is 11.7. The summed E-state index contributed by atoms with van der Waals surface area (Å²) in [6, 6.07) is 7.11. The van der Waals surface area contributed by atoms with Crippen molar-refractivity contribution in [3.05, 3.63) is 30.1 Å². The van der Waals surface area contributed by atoms with E-state index >= 15 is 0 Å². The molecule has 1 saturated heterocycles. The van der Waals surface area contributed by atoms with Crippen LogP contribution in [0.15, 0.2) is 24.5 Å². The molecule has 1 aliphatic rings. The average molecular weight is 258 g/mol. The van der Waals surface area contributed by atoms with Crippen molar-refractivity contribution in [3.8, 4) is 0 Å². The third-order valence-corrected chi connectivity index (χ3v) is 4.17. The van der Waals surface area contributed by atoms with Crippen molar-refractivity contribution in [3.63, 3.8) is 0 Å². The van der Waals surface area contributed by atoms with Gasteiger partial charge in [0.05, 0.1) is 17.4 Å². The highest BCUT2D eigenvalue weighted by Crippen LogP contribution is 2.33. The topological polar surface area (TPSA) is 44.0 Å². The minimum absolute atomic E-state index is 0.495. The molecule has 2 N–H and O–H groups in total. The van der Waals surface area contributed by atoms with Crippen LogP contribution in [0.1, 0.15) is 24.4 Å². The predicted octanol–water partition coefficient (Wildman–Crippen LogP) is 2.17. The second-order valence-electron chi connectivity index (χ2n) is 5.68. The van der Waals surface area contributed by atoms with E-state index in [0.717, 1.165) is 30.0 Å². The highest BCUT2D eigenvalue weighted by molar-refractivity contribution is 5.75. The lowest BCUT2D eigenvalue weighted by atomic mass is 9.85. The summed E-state index contributed by atoms with van der Waals surface area (Å²) in [6.07, 6.45) is 4.28. The molecule has 0 saturated carbocycles. The van der Waals surface area contributed by atoms with Crippen LogP contribution in [0.2, 0.25) is 0 Å². The molecule has 4 nitrogen and oxygen atoms in total. The van der Waals surface area contributed by atoms with E-state index in [2.05, 4.69) is 52.5 Å². The van der Waals surface area contributed by atoms with Gasteiger partial charge in [0.25, 0.3) is 0 Å². The number of nitrogens with one attached hydrogen (secondary N) is 2. The van der Waals surface area contributed by atoms with E-state index in [9.17, 15) is 0 Å². The molecule has 19 heavy (non-hydrogen) atoms. The van der Waals surface area contributed by atoms with Gasteiger partial charge < -0.3 is 15.2 Å². The Bertz CT molecular complexity index is 540. The number of aromatic nitrogens is 2. The van der Waals surface area contributed by atoms with E-state index in [4.69, 9.17) is 0 Å². The fraction of sp³-hybridized carbons (Fsp3) is 0.533. The first-order valence-electron chi connectivity index (χ1n) is 7.06. The number of nitrogens with zero attached hydrogens (tertiary/aromatic N) is 2. The van der Waals surface area contributed by atoms with Gasteiger partial charge in [0.15, 0.2) is 0 Å². The standard InChI is InChI=1S/C15H22N4/c1-19(2)15(11-5-7-16-8-6-11)12-3-4-13-14(9-12)18-10-17-13/h3-4,9-11,15-16H,5-8H2,1-2H3,(H,17,18). The normalized spacial score (nSPS) is 19.1. The number of benzene rings is 1. The van der Waals surface area contributed by atoms with Gasteiger partial charge >= 0.3 is 0 Å². The number of rotatable bonds is 3. The lowest BCUT2D eigenvalue weighted by Gasteiger charge is -2.35. The maximum Gasteiger partial charge on any atom is 0.0931 e. The van der Waals surface area contributed by atoms with Crippen LogP contribution in [0.25, 0.3) is 11.0 Å². The van der Waals surface area contributed by atoms with Gasteiger partial charge in [-0.15, -0.1) is 0 Å². The van der Waals surface area contributed by atoms with Crippen LogP contribution in [-0.2, 0) is 0 Å². The summed E-state index contributed by atoms with van der Waals surface area (Å²) < 4.78 is 0. The fourth-order valence-electron chi connectivity index (χ4n) is 3.29. The molecule has 3 rings (SSSR count). The molecule has 4 heteroatoms. The Morgan fingerprint density at radius 2 is 2.05 bits per heavy atom. The molecule has 0 aliphatic carbocycles. The number of imidazole rings is 1. The van der Waals surface area contributed by atoms with E-state index in [1.807, 2.05) is 0 Å². The molecular weight excluding hydrogens is 236 g/mol. The molecule has 0 radical (unpaired) electrons. The van der Waals surface area contributed by atoms with Gasteiger partial charge in [-0.3, -0.25) is 0 Å². The van der Waals surface area contributed by atoms with Gasteiger partial charge in [-0.2, -0.15) is 0 Å². The lowest BCUT2D eigenvalue weighted by molar-refractivity contribution is 0.178.